The van der Waals surface area contributed by atoms with Crippen LogP contribution >= 0.6 is 0 Å². The van der Waals surface area contributed by atoms with Crippen LogP contribution in [-0.2, 0) is 4.74 Å². The van der Waals surface area contributed by atoms with Crippen LogP contribution < -0.4 is 0 Å². The summed E-state index contributed by atoms with van der Waals surface area (Å²) in [6.07, 6.45) is 7.23. The fraction of sp³-hybridized carbons (Fsp3) is 1.00. The van der Waals surface area contributed by atoms with Gasteiger partial charge in [0.2, 0.25) is 0 Å². The minimum atomic E-state index is -0.299. The first-order valence-electron chi connectivity index (χ1n) is 6.27. The average molecular weight is 214 g/mol. The van der Waals surface area contributed by atoms with E-state index in [1.807, 2.05) is 0 Å². The van der Waals surface area contributed by atoms with E-state index in [4.69, 9.17) is 4.74 Å². The minimum Gasteiger partial charge on any atom is -0.391 e. The zero-order valence-electron chi connectivity index (χ0n) is 10.5. The Hall–Kier alpha value is -0.0800. The molecule has 1 fully saturated rings. The lowest BCUT2D eigenvalue weighted by Crippen LogP contribution is -2.26. The molecular weight excluding hydrogens is 188 g/mol. The Morgan fingerprint density at radius 3 is 2.33 bits per heavy atom. The monoisotopic (exact) mass is 214 g/mol. The second-order valence-corrected chi connectivity index (χ2v) is 6.01. The number of ether oxygens (including phenoxy) is 1. The number of hydrogen-bond acceptors (Lipinski definition) is 2. The SMILES string of the molecule is CC(C)(C)CC(O)COC1CCCCC1. The lowest BCUT2D eigenvalue weighted by Gasteiger charge is -2.26. The normalized spacial score (nSPS) is 21.6. The smallest absolute Gasteiger partial charge is 0.0778 e. The molecule has 15 heavy (non-hydrogen) atoms. The molecule has 1 N–H and O–H groups in total. The van der Waals surface area contributed by atoms with Gasteiger partial charge < -0.3 is 9.84 Å². The van der Waals surface area contributed by atoms with Crippen molar-refractivity contribution in [2.75, 3.05) is 6.61 Å². The molecule has 1 atom stereocenters. The Morgan fingerprint density at radius 1 is 1.20 bits per heavy atom. The molecule has 1 aliphatic rings. The van der Waals surface area contributed by atoms with Gasteiger partial charge in [0.05, 0.1) is 18.8 Å². The standard InChI is InChI=1S/C13H26O2/c1-13(2,3)9-11(14)10-15-12-7-5-4-6-8-12/h11-12,14H,4-10H2,1-3H3. The number of aliphatic hydroxyl groups is 1. The first kappa shape index (κ1) is 13.0. The summed E-state index contributed by atoms with van der Waals surface area (Å²) in [4.78, 5) is 0. The summed E-state index contributed by atoms with van der Waals surface area (Å²) in [5, 5.41) is 9.79. The van der Waals surface area contributed by atoms with Gasteiger partial charge >= 0.3 is 0 Å². The molecule has 0 radical (unpaired) electrons. The number of hydrogen-bond donors (Lipinski definition) is 1. The molecule has 0 aliphatic heterocycles. The predicted octanol–water partition coefficient (Wildman–Crippen LogP) is 3.13. The van der Waals surface area contributed by atoms with Crippen molar-refractivity contribution >= 4 is 0 Å². The third-order valence-electron chi connectivity index (χ3n) is 2.92. The fourth-order valence-electron chi connectivity index (χ4n) is 2.24. The molecule has 0 amide bonds. The van der Waals surface area contributed by atoms with Crippen LogP contribution in [0.4, 0.5) is 0 Å². The zero-order chi connectivity index (χ0) is 11.3. The van der Waals surface area contributed by atoms with E-state index in [0.717, 1.165) is 6.42 Å². The zero-order valence-corrected chi connectivity index (χ0v) is 10.5. The molecule has 0 spiro atoms. The second kappa shape index (κ2) is 5.86. The van der Waals surface area contributed by atoms with Crippen LogP contribution in [0.5, 0.6) is 0 Å². The molecule has 0 bridgehead atoms. The van der Waals surface area contributed by atoms with Crippen molar-refractivity contribution in [2.45, 2.75) is 71.5 Å². The van der Waals surface area contributed by atoms with Gasteiger partial charge in [-0.1, -0.05) is 40.0 Å². The molecule has 1 saturated carbocycles. The van der Waals surface area contributed by atoms with E-state index < -0.39 is 0 Å². The van der Waals surface area contributed by atoms with Gasteiger partial charge in [-0.25, -0.2) is 0 Å². The van der Waals surface area contributed by atoms with Gasteiger partial charge in [-0.2, -0.15) is 0 Å². The van der Waals surface area contributed by atoms with E-state index in [0.29, 0.717) is 12.7 Å². The van der Waals surface area contributed by atoms with Crippen LogP contribution in [0.3, 0.4) is 0 Å². The average Bonchev–Trinajstić information content (AvgIpc) is 2.14. The highest BCUT2D eigenvalue weighted by molar-refractivity contribution is 4.70. The van der Waals surface area contributed by atoms with Crippen molar-refractivity contribution < 1.29 is 9.84 Å². The van der Waals surface area contributed by atoms with Crippen molar-refractivity contribution in [2.24, 2.45) is 5.41 Å². The van der Waals surface area contributed by atoms with Gasteiger partial charge in [-0.05, 0) is 24.7 Å². The summed E-state index contributed by atoms with van der Waals surface area (Å²) >= 11 is 0. The summed E-state index contributed by atoms with van der Waals surface area (Å²) in [6, 6.07) is 0. The predicted molar refractivity (Wildman–Crippen MR) is 62.9 cm³/mol. The molecule has 90 valence electrons. The van der Waals surface area contributed by atoms with Crippen LogP contribution in [0, 0.1) is 5.41 Å². The summed E-state index contributed by atoms with van der Waals surface area (Å²) in [5.41, 5.74) is 0.190. The van der Waals surface area contributed by atoms with E-state index >= 15 is 0 Å². The van der Waals surface area contributed by atoms with E-state index in [2.05, 4.69) is 20.8 Å². The van der Waals surface area contributed by atoms with Crippen molar-refractivity contribution in [3.05, 3.63) is 0 Å². The molecule has 0 aromatic rings. The molecule has 1 aliphatic carbocycles. The van der Waals surface area contributed by atoms with Crippen molar-refractivity contribution in [3.8, 4) is 0 Å². The van der Waals surface area contributed by atoms with Gasteiger partial charge in [0.25, 0.3) is 0 Å². The lowest BCUT2D eigenvalue weighted by molar-refractivity contribution is -0.0345. The van der Waals surface area contributed by atoms with Crippen molar-refractivity contribution in [1.82, 2.24) is 0 Å². The Kier molecular flexibility index (Phi) is 5.07. The van der Waals surface area contributed by atoms with Gasteiger partial charge in [-0.15, -0.1) is 0 Å². The molecule has 2 heteroatoms. The quantitative estimate of drug-likeness (QED) is 0.779. The van der Waals surface area contributed by atoms with Gasteiger partial charge in [0.15, 0.2) is 0 Å². The fourth-order valence-corrected chi connectivity index (χ4v) is 2.24. The van der Waals surface area contributed by atoms with E-state index in [1.54, 1.807) is 0 Å². The van der Waals surface area contributed by atoms with Crippen molar-refractivity contribution in [3.63, 3.8) is 0 Å². The maximum Gasteiger partial charge on any atom is 0.0778 e. The van der Waals surface area contributed by atoms with Gasteiger partial charge in [0.1, 0.15) is 0 Å². The maximum atomic E-state index is 9.79. The summed E-state index contributed by atoms with van der Waals surface area (Å²) in [5.74, 6) is 0. The van der Waals surface area contributed by atoms with Crippen LogP contribution in [0.2, 0.25) is 0 Å². The van der Waals surface area contributed by atoms with Crippen LogP contribution in [0.15, 0.2) is 0 Å². The third-order valence-corrected chi connectivity index (χ3v) is 2.92. The van der Waals surface area contributed by atoms with Crippen LogP contribution in [0.1, 0.15) is 59.3 Å². The molecule has 0 saturated heterocycles. The highest BCUT2D eigenvalue weighted by atomic mass is 16.5. The Bertz CT molecular complexity index is 166. The molecule has 0 heterocycles. The summed E-state index contributed by atoms with van der Waals surface area (Å²) in [6.45, 7) is 6.96. The van der Waals surface area contributed by atoms with E-state index in [-0.39, 0.29) is 11.5 Å². The second-order valence-electron chi connectivity index (χ2n) is 6.01. The number of aliphatic hydroxyl groups excluding tert-OH is 1. The maximum absolute atomic E-state index is 9.79. The molecule has 0 aromatic carbocycles. The van der Waals surface area contributed by atoms with Crippen LogP contribution in [0.25, 0.3) is 0 Å². The third kappa shape index (κ3) is 6.16. The van der Waals surface area contributed by atoms with Gasteiger partial charge in [0, 0.05) is 0 Å². The highest BCUT2D eigenvalue weighted by Crippen LogP contribution is 2.23. The first-order chi connectivity index (χ1) is 6.97. The minimum absolute atomic E-state index is 0.190. The molecule has 0 aromatic heterocycles. The number of rotatable bonds is 4. The van der Waals surface area contributed by atoms with Crippen LogP contribution in [-0.4, -0.2) is 23.9 Å². The molecule has 1 rings (SSSR count). The Balaban J connectivity index is 2.12. The molecule has 1 unspecified atom stereocenters. The van der Waals surface area contributed by atoms with E-state index in [1.165, 1.54) is 32.1 Å². The first-order valence-corrected chi connectivity index (χ1v) is 6.27. The van der Waals surface area contributed by atoms with Gasteiger partial charge in [-0.3, -0.25) is 0 Å². The summed E-state index contributed by atoms with van der Waals surface area (Å²) in [7, 11) is 0. The lowest BCUT2D eigenvalue weighted by atomic mass is 9.89. The Labute approximate surface area is 94.0 Å². The molecule has 2 nitrogen and oxygen atoms in total. The largest absolute Gasteiger partial charge is 0.391 e. The topological polar surface area (TPSA) is 29.5 Å². The van der Waals surface area contributed by atoms with Crippen molar-refractivity contribution in [1.29, 1.82) is 0 Å². The van der Waals surface area contributed by atoms with E-state index in [9.17, 15) is 5.11 Å². The Morgan fingerprint density at radius 2 is 1.80 bits per heavy atom. The molecular formula is C13H26O2. The highest BCUT2D eigenvalue weighted by Gasteiger charge is 2.19. The summed E-state index contributed by atoms with van der Waals surface area (Å²) < 4.78 is 5.74.